The molecule has 1 amide bonds. The van der Waals surface area contributed by atoms with Crippen molar-refractivity contribution in [3.8, 4) is 0 Å². The average molecular weight is 453 g/mol. The van der Waals surface area contributed by atoms with Gasteiger partial charge in [-0.15, -0.1) is 0 Å². The number of carbonyl (C=O) groups excluding carboxylic acids is 1. The number of nitrogens with one attached hydrogen (secondary N) is 2. The number of sulfonamides is 1. The summed E-state index contributed by atoms with van der Waals surface area (Å²) in [6, 6.07) is 13.1. The molecule has 0 aliphatic rings. The van der Waals surface area contributed by atoms with Gasteiger partial charge in [0, 0.05) is 35.3 Å². The summed E-state index contributed by atoms with van der Waals surface area (Å²) < 4.78 is 27.4. The van der Waals surface area contributed by atoms with Gasteiger partial charge in [-0.05, 0) is 55.8 Å². The molecule has 10 nitrogen and oxygen atoms in total. The first-order valence-electron chi connectivity index (χ1n) is 9.31. The number of nitro groups is 1. The molecular weight excluding hydrogens is 434 g/mol. The van der Waals surface area contributed by atoms with Crippen molar-refractivity contribution in [3.05, 3.63) is 87.7 Å². The number of hydrogen-bond acceptors (Lipinski definition) is 7. The van der Waals surface area contributed by atoms with Crippen molar-refractivity contribution < 1.29 is 18.1 Å². The van der Waals surface area contributed by atoms with Gasteiger partial charge in [0.05, 0.1) is 9.82 Å². The summed E-state index contributed by atoms with van der Waals surface area (Å²) in [4.78, 5) is 30.5. The molecule has 1 aromatic heterocycles. The summed E-state index contributed by atoms with van der Waals surface area (Å²) in [5.41, 5.74) is 2.05. The van der Waals surface area contributed by atoms with Crippen LogP contribution in [0.15, 0.2) is 65.6 Å². The highest BCUT2D eigenvalue weighted by atomic mass is 32.2. The van der Waals surface area contributed by atoms with Crippen LogP contribution < -0.4 is 10.0 Å². The molecular formula is C21H19N5O5S. The van der Waals surface area contributed by atoms with Crippen molar-refractivity contribution in [2.45, 2.75) is 18.7 Å². The van der Waals surface area contributed by atoms with Gasteiger partial charge in [-0.3, -0.25) is 14.9 Å². The smallest absolute Gasteiger partial charge is 0.270 e. The number of aryl methyl sites for hydroxylation is 2. The van der Waals surface area contributed by atoms with Crippen LogP contribution in [0.25, 0.3) is 6.08 Å². The molecule has 3 rings (SSSR count). The summed E-state index contributed by atoms with van der Waals surface area (Å²) in [7, 11) is -3.91. The highest BCUT2D eigenvalue weighted by Gasteiger charge is 2.16. The highest BCUT2D eigenvalue weighted by Crippen LogP contribution is 2.18. The number of carbonyl (C=O) groups is 1. The lowest BCUT2D eigenvalue weighted by atomic mass is 10.2. The molecule has 0 unspecified atom stereocenters. The van der Waals surface area contributed by atoms with E-state index < -0.39 is 20.9 Å². The molecule has 0 saturated heterocycles. The topological polar surface area (TPSA) is 144 Å². The van der Waals surface area contributed by atoms with E-state index in [-0.39, 0.29) is 16.5 Å². The summed E-state index contributed by atoms with van der Waals surface area (Å²) >= 11 is 0. The first-order chi connectivity index (χ1) is 15.1. The third kappa shape index (κ3) is 5.95. The average Bonchev–Trinajstić information content (AvgIpc) is 2.72. The normalized spacial score (nSPS) is 11.3. The van der Waals surface area contributed by atoms with E-state index >= 15 is 0 Å². The Balaban J connectivity index is 1.66. The molecule has 0 spiro atoms. The van der Waals surface area contributed by atoms with E-state index in [9.17, 15) is 23.3 Å². The lowest BCUT2D eigenvalue weighted by Gasteiger charge is -2.09. The van der Waals surface area contributed by atoms with E-state index in [4.69, 9.17) is 0 Å². The maximum Gasteiger partial charge on any atom is 0.270 e. The molecule has 0 radical (unpaired) electrons. The number of hydrogen-bond donors (Lipinski definition) is 2. The fourth-order valence-corrected chi connectivity index (χ4v) is 3.71. The molecule has 2 N–H and O–H groups in total. The number of nitrogens with zero attached hydrogens (tertiary/aromatic N) is 3. The molecule has 32 heavy (non-hydrogen) atoms. The number of nitro benzene ring substituents is 1. The Morgan fingerprint density at radius 2 is 1.69 bits per heavy atom. The molecule has 164 valence electrons. The standard InChI is InChI=1S/C21H19N5O5S/c1-14-12-15(2)23-21(22-14)25-32(30,31)19-9-7-17(8-10-19)24-20(27)11-6-16-4-3-5-18(13-16)26(28)29/h3-13H,1-2H3,(H,24,27)(H,22,23,25). The quantitative estimate of drug-likeness (QED) is 0.317. The second kappa shape index (κ2) is 9.35. The summed E-state index contributed by atoms with van der Waals surface area (Å²) in [5.74, 6) is -0.500. The number of non-ortho nitro benzene ring substituents is 1. The molecule has 3 aromatic rings. The zero-order chi connectivity index (χ0) is 23.3. The Morgan fingerprint density at radius 3 is 2.31 bits per heavy atom. The third-order valence-corrected chi connectivity index (χ3v) is 5.49. The minimum Gasteiger partial charge on any atom is -0.323 e. The van der Waals surface area contributed by atoms with Crippen LogP contribution in [0.4, 0.5) is 17.3 Å². The Morgan fingerprint density at radius 1 is 1.03 bits per heavy atom. The summed E-state index contributed by atoms with van der Waals surface area (Å²) in [5, 5.41) is 13.4. The van der Waals surface area contributed by atoms with Gasteiger partial charge in [0.25, 0.3) is 15.7 Å². The Kier molecular flexibility index (Phi) is 6.59. The third-order valence-electron chi connectivity index (χ3n) is 4.15. The fraction of sp³-hybridized carbons (Fsp3) is 0.0952. The number of rotatable bonds is 7. The van der Waals surface area contributed by atoms with Crippen LogP contribution in [-0.4, -0.2) is 29.2 Å². The van der Waals surface area contributed by atoms with Gasteiger partial charge in [-0.1, -0.05) is 12.1 Å². The zero-order valence-corrected chi connectivity index (χ0v) is 18.0. The van der Waals surface area contributed by atoms with Crippen molar-refractivity contribution in [1.82, 2.24) is 9.97 Å². The predicted molar refractivity (Wildman–Crippen MR) is 120 cm³/mol. The molecule has 0 fully saturated rings. The maximum atomic E-state index is 12.6. The fourth-order valence-electron chi connectivity index (χ4n) is 2.77. The van der Waals surface area contributed by atoms with E-state index in [1.807, 2.05) is 0 Å². The van der Waals surface area contributed by atoms with Gasteiger partial charge in [0.2, 0.25) is 11.9 Å². The minimum absolute atomic E-state index is 0.0221. The van der Waals surface area contributed by atoms with E-state index in [1.54, 1.807) is 26.0 Å². The van der Waals surface area contributed by atoms with Crippen LogP contribution in [-0.2, 0) is 14.8 Å². The highest BCUT2D eigenvalue weighted by molar-refractivity contribution is 7.92. The maximum absolute atomic E-state index is 12.6. The molecule has 0 saturated carbocycles. The molecule has 0 atom stereocenters. The molecule has 0 aliphatic carbocycles. The monoisotopic (exact) mass is 453 g/mol. The van der Waals surface area contributed by atoms with Gasteiger partial charge in [0.1, 0.15) is 0 Å². The van der Waals surface area contributed by atoms with Gasteiger partial charge in [-0.2, -0.15) is 0 Å². The lowest BCUT2D eigenvalue weighted by Crippen LogP contribution is -2.16. The van der Waals surface area contributed by atoms with Crippen molar-refractivity contribution in [1.29, 1.82) is 0 Å². The van der Waals surface area contributed by atoms with Crippen molar-refractivity contribution in [2.24, 2.45) is 0 Å². The Bertz CT molecular complexity index is 1280. The molecule has 0 aliphatic heterocycles. The largest absolute Gasteiger partial charge is 0.323 e. The van der Waals surface area contributed by atoms with Crippen LogP contribution in [0, 0.1) is 24.0 Å². The summed E-state index contributed by atoms with van der Waals surface area (Å²) in [6.07, 6.45) is 2.66. The molecule has 0 bridgehead atoms. The lowest BCUT2D eigenvalue weighted by molar-refractivity contribution is -0.384. The van der Waals surface area contributed by atoms with E-state index in [0.29, 0.717) is 22.6 Å². The SMILES string of the molecule is Cc1cc(C)nc(NS(=O)(=O)c2ccc(NC(=O)C=Cc3cccc([N+](=O)[O-])c3)cc2)n1. The second-order valence-corrected chi connectivity index (χ2v) is 8.46. The van der Waals surface area contributed by atoms with Crippen molar-refractivity contribution >= 4 is 39.3 Å². The number of aromatic nitrogens is 2. The number of amides is 1. The molecule has 1 heterocycles. The molecule has 11 heteroatoms. The van der Waals surface area contributed by atoms with Crippen LogP contribution in [0.3, 0.4) is 0 Å². The molecule has 2 aromatic carbocycles. The number of benzene rings is 2. The van der Waals surface area contributed by atoms with Crippen LogP contribution in [0.1, 0.15) is 17.0 Å². The van der Waals surface area contributed by atoms with Crippen molar-refractivity contribution in [2.75, 3.05) is 10.0 Å². The van der Waals surface area contributed by atoms with Gasteiger partial charge in [-0.25, -0.2) is 23.1 Å². The summed E-state index contributed by atoms with van der Waals surface area (Å²) in [6.45, 7) is 3.47. The Labute approximate surface area is 184 Å². The van der Waals surface area contributed by atoms with E-state index in [0.717, 1.165) is 0 Å². The second-order valence-electron chi connectivity index (χ2n) is 6.78. The first kappa shape index (κ1) is 22.6. The van der Waals surface area contributed by atoms with E-state index in [2.05, 4.69) is 20.0 Å². The van der Waals surface area contributed by atoms with Crippen LogP contribution in [0.2, 0.25) is 0 Å². The van der Waals surface area contributed by atoms with E-state index in [1.165, 1.54) is 54.6 Å². The number of anilines is 2. The minimum atomic E-state index is -3.91. The zero-order valence-electron chi connectivity index (χ0n) is 17.1. The Hall–Kier alpha value is -4.12. The predicted octanol–water partition coefficient (Wildman–Crippen LogP) is 3.45. The van der Waals surface area contributed by atoms with Gasteiger partial charge < -0.3 is 5.32 Å². The van der Waals surface area contributed by atoms with Gasteiger partial charge in [0.15, 0.2) is 0 Å². The first-order valence-corrected chi connectivity index (χ1v) is 10.8. The van der Waals surface area contributed by atoms with Crippen LogP contribution in [0.5, 0.6) is 0 Å². The van der Waals surface area contributed by atoms with Crippen LogP contribution >= 0.6 is 0 Å². The van der Waals surface area contributed by atoms with Crippen molar-refractivity contribution in [3.63, 3.8) is 0 Å². The van der Waals surface area contributed by atoms with Gasteiger partial charge >= 0.3 is 0 Å².